The molecule has 0 spiro atoms. The van der Waals surface area contributed by atoms with Gasteiger partial charge in [0.05, 0.1) is 11.4 Å². The zero-order valence-electron chi connectivity index (χ0n) is 26.6. The zero-order valence-corrected chi connectivity index (χ0v) is 26.6. The second-order valence-electron chi connectivity index (χ2n) is 13.4. The Morgan fingerprint density at radius 3 is 1.76 bits per heavy atom. The lowest BCUT2D eigenvalue weighted by atomic mass is 9.59. The number of aliphatic imine (C=N–C) groups is 2. The van der Waals surface area contributed by atoms with Crippen molar-refractivity contribution in [1.29, 1.82) is 0 Å². The van der Waals surface area contributed by atoms with E-state index in [9.17, 15) is 0 Å². The Balaban J connectivity index is 1.53. The van der Waals surface area contributed by atoms with E-state index in [1.165, 1.54) is 22.3 Å². The van der Waals surface area contributed by atoms with Crippen LogP contribution in [0.3, 0.4) is 0 Å². The van der Waals surface area contributed by atoms with Crippen LogP contribution >= 0.6 is 0 Å². The molecule has 1 aliphatic carbocycles. The summed E-state index contributed by atoms with van der Waals surface area (Å²) in [5.41, 5.74) is 12.0. The van der Waals surface area contributed by atoms with Crippen molar-refractivity contribution >= 4 is 17.2 Å². The molecule has 0 fully saturated rings. The van der Waals surface area contributed by atoms with Crippen LogP contribution < -0.4 is 0 Å². The molecule has 5 rings (SSSR count). The summed E-state index contributed by atoms with van der Waals surface area (Å²) in [5.74, 6) is 0.594. The molecule has 0 unspecified atom stereocenters. The van der Waals surface area contributed by atoms with Gasteiger partial charge >= 0.3 is 0 Å². The Kier molecular flexibility index (Phi) is 7.43. The number of amidine groups is 1. The van der Waals surface area contributed by atoms with Crippen molar-refractivity contribution in [3.8, 4) is 11.3 Å². The monoisotopic (exact) mass is 553 g/mol. The van der Waals surface area contributed by atoms with E-state index in [1.54, 1.807) is 0 Å². The predicted molar refractivity (Wildman–Crippen MR) is 180 cm³/mol. The molecule has 0 N–H and O–H groups in total. The third kappa shape index (κ3) is 5.06. The number of hydrogen-bond donors (Lipinski definition) is 0. The minimum Gasteiger partial charge on any atom is -0.255 e. The summed E-state index contributed by atoms with van der Waals surface area (Å²) in [5, 5.41) is 0. The highest BCUT2D eigenvalue weighted by molar-refractivity contribution is 6.12. The maximum absolute atomic E-state index is 5.00. The first-order valence-corrected chi connectivity index (χ1v) is 14.8. The Bertz CT molecular complexity index is 1700. The SMILES string of the molecule is C=C(/N=C(\N=C(/C)c1ccc(C)cc1)c1ccc(-c2ccc3c(c2)C(C)(C)C(C)(C)C3(C)C)nc1)c1ccc(C)cc1. The van der Waals surface area contributed by atoms with Gasteiger partial charge in [-0.15, -0.1) is 0 Å². The fourth-order valence-electron chi connectivity index (χ4n) is 6.03. The summed E-state index contributed by atoms with van der Waals surface area (Å²) in [6.45, 7) is 24.7. The predicted octanol–water partition coefficient (Wildman–Crippen LogP) is 9.89. The van der Waals surface area contributed by atoms with E-state index in [2.05, 4.69) is 141 Å². The highest BCUT2D eigenvalue weighted by Crippen LogP contribution is 2.61. The van der Waals surface area contributed by atoms with Gasteiger partial charge in [0, 0.05) is 23.0 Å². The van der Waals surface area contributed by atoms with Crippen molar-refractivity contribution in [2.24, 2.45) is 15.4 Å². The Labute approximate surface area is 252 Å². The molecule has 214 valence electrons. The van der Waals surface area contributed by atoms with Gasteiger partial charge < -0.3 is 0 Å². The molecule has 0 aliphatic heterocycles. The van der Waals surface area contributed by atoms with Crippen LogP contribution in [0.1, 0.15) is 87.4 Å². The third-order valence-electron chi connectivity index (χ3n) is 10.2. The average Bonchev–Trinajstić information content (AvgIpc) is 3.07. The summed E-state index contributed by atoms with van der Waals surface area (Å²) in [7, 11) is 0. The van der Waals surface area contributed by atoms with Crippen molar-refractivity contribution in [3.05, 3.63) is 131 Å². The highest BCUT2D eigenvalue weighted by Gasteiger charge is 2.56. The quantitative estimate of drug-likeness (QED) is 0.179. The summed E-state index contributed by atoms with van der Waals surface area (Å²) >= 11 is 0. The van der Waals surface area contributed by atoms with Crippen molar-refractivity contribution in [2.75, 3.05) is 0 Å². The molecule has 4 aromatic rings. The van der Waals surface area contributed by atoms with Crippen LogP contribution in [0.25, 0.3) is 17.0 Å². The van der Waals surface area contributed by atoms with E-state index in [1.807, 2.05) is 13.1 Å². The van der Waals surface area contributed by atoms with Crippen molar-refractivity contribution in [1.82, 2.24) is 4.98 Å². The molecule has 0 atom stereocenters. The highest BCUT2D eigenvalue weighted by atomic mass is 14.9. The van der Waals surface area contributed by atoms with Crippen LogP contribution in [0.2, 0.25) is 0 Å². The lowest BCUT2D eigenvalue weighted by Crippen LogP contribution is -2.42. The standard InChI is InChI=1S/C39H43N3/c1-25-11-15-29(16-12-25)27(3)41-36(42-28(4)30-17-13-26(2)14-18-30)32-20-22-35(40-24-32)31-19-21-33-34(23-31)38(7,8)39(9,10)37(33,5)6/h11-24H,3H2,1-2,4-10H3/b41-36-,42-28+. The van der Waals surface area contributed by atoms with Gasteiger partial charge in [0.15, 0.2) is 5.84 Å². The Hall–Kier alpha value is -4.11. The zero-order chi connectivity index (χ0) is 30.4. The molecule has 0 saturated carbocycles. The number of hydrogen-bond acceptors (Lipinski definition) is 2. The molecule has 42 heavy (non-hydrogen) atoms. The second-order valence-corrected chi connectivity index (χ2v) is 13.4. The Morgan fingerprint density at radius 1 is 0.643 bits per heavy atom. The molecular formula is C39H43N3. The average molecular weight is 554 g/mol. The van der Waals surface area contributed by atoms with Gasteiger partial charge in [-0.05, 0) is 77.5 Å². The minimum atomic E-state index is 0.0418. The van der Waals surface area contributed by atoms with Crippen LogP contribution in [0, 0.1) is 19.3 Å². The minimum absolute atomic E-state index is 0.0418. The number of rotatable bonds is 5. The van der Waals surface area contributed by atoms with Crippen LogP contribution in [0.15, 0.2) is 102 Å². The molecular weight excluding hydrogens is 510 g/mol. The number of nitrogens with zero attached hydrogens (tertiary/aromatic N) is 3. The summed E-state index contributed by atoms with van der Waals surface area (Å²) in [6.07, 6.45) is 1.88. The van der Waals surface area contributed by atoms with E-state index < -0.39 is 0 Å². The van der Waals surface area contributed by atoms with E-state index in [0.29, 0.717) is 11.5 Å². The summed E-state index contributed by atoms with van der Waals surface area (Å²) in [4.78, 5) is 14.8. The number of aromatic nitrogens is 1. The largest absolute Gasteiger partial charge is 0.255 e. The Morgan fingerprint density at radius 2 is 1.19 bits per heavy atom. The molecule has 1 heterocycles. The van der Waals surface area contributed by atoms with Gasteiger partial charge in [0.1, 0.15) is 0 Å². The third-order valence-corrected chi connectivity index (χ3v) is 10.2. The van der Waals surface area contributed by atoms with Crippen LogP contribution in [-0.4, -0.2) is 16.5 Å². The van der Waals surface area contributed by atoms with Crippen molar-refractivity contribution in [2.45, 2.75) is 73.1 Å². The van der Waals surface area contributed by atoms with E-state index in [4.69, 9.17) is 15.0 Å². The molecule has 1 aliphatic rings. The van der Waals surface area contributed by atoms with Crippen LogP contribution in [-0.2, 0) is 10.8 Å². The molecule has 3 heteroatoms. The maximum Gasteiger partial charge on any atom is 0.161 e. The normalized spacial score (nSPS) is 17.2. The summed E-state index contributed by atoms with van der Waals surface area (Å²) < 4.78 is 0. The van der Waals surface area contributed by atoms with Crippen LogP contribution in [0.5, 0.6) is 0 Å². The number of benzene rings is 3. The molecule has 1 aromatic heterocycles. The first kappa shape index (κ1) is 29.4. The molecule has 0 amide bonds. The van der Waals surface area contributed by atoms with Gasteiger partial charge in [-0.2, -0.15) is 0 Å². The van der Waals surface area contributed by atoms with Gasteiger partial charge in [-0.1, -0.05) is 120 Å². The second kappa shape index (κ2) is 10.6. The molecule has 0 radical (unpaired) electrons. The van der Waals surface area contributed by atoms with Crippen LogP contribution in [0.4, 0.5) is 0 Å². The molecule has 3 aromatic carbocycles. The van der Waals surface area contributed by atoms with Gasteiger partial charge in [-0.3, -0.25) is 4.98 Å². The number of pyridine rings is 1. The lowest BCUT2D eigenvalue weighted by molar-refractivity contribution is 0.125. The fourth-order valence-corrected chi connectivity index (χ4v) is 6.03. The topological polar surface area (TPSA) is 37.6 Å². The van der Waals surface area contributed by atoms with Gasteiger partial charge in [0.25, 0.3) is 0 Å². The lowest BCUT2D eigenvalue weighted by Gasteiger charge is -2.44. The van der Waals surface area contributed by atoms with Gasteiger partial charge in [-0.25, -0.2) is 9.98 Å². The van der Waals surface area contributed by atoms with Crippen molar-refractivity contribution in [3.63, 3.8) is 0 Å². The fraction of sp³-hybridized carbons (Fsp3) is 0.308. The van der Waals surface area contributed by atoms with E-state index in [-0.39, 0.29) is 16.2 Å². The number of fused-ring (bicyclic) bond motifs is 1. The van der Waals surface area contributed by atoms with Gasteiger partial charge in [0.2, 0.25) is 0 Å². The molecule has 0 bridgehead atoms. The smallest absolute Gasteiger partial charge is 0.161 e. The number of aryl methyl sites for hydroxylation is 2. The first-order chi connectivity index (χ1) is 19.7. The maximum atomic E-state index is 5.00. The van der Waals surface area contributed by atoms with E-state index in [0.717, 1.165) is 33.7 Å². The van der Waals surface area contributed by atoms with E-state index >= 15 is 0 Å². The molecule has 3 nitrogen and oxygen atoms in total. The molecule has 0 saturated heterocycles. The first-order valence-electron chi connectivity index (χ1n) is 14.8. The van der Waals surface area contributed by atoms with Crippen molar-refractivity contribution < 1.29 is 0 Å². The summed E-state index contributed by atoms with van der Waals surface area (Å²) in [6, 6.07) is 27.7.